The Balaban J connectivity index is 2.26. The Hall–Kier alpha value is -2.86. The highest BCUT2D eigenvalue weighted by atomic mass is 32.1. The summed E-state index contributed by atoms with van der Waals surface area (Å²) in [7, 11) is 0. The smallest absolute Gasteiger partial charge is 0.308 e. The summed E-state index contributed by atoms with van der Waals surface area (Å²) in [6.45, 7) is 4.50. The standard InChI is InChI=1S/C19H15NO4S/c1-10-8-15(14(11(2)21)9-17(10)24-12(3)22)18-20-16-7-5-4-6-13(16)19(23)25-18/h4-9H,1-3H3. The summed E-state index contributed by atoms with van der Waals surface area (Å²) in [5.74, 6) is -0.327. The van der Waals surface area contributed by atoms with E-state index in [2.05, 4.69) is 4.98 Å². The summed E-state index contributed by atoms with van der Waals surface area (Å²) in [5, 5.41) is 1.01. The molecule has 0 aliphatic rings. The van der Waals surface area contributed by atoms with Gasteiger partial charge in [-0.2, -0.15) is 0 Å². The number of benzene rings is 2. The van der Waals surface area contributed by atoms with Crippen molar-refractivity contribution < 1.29 is 14.3 Å². The number of nitrogens with zero attached hydrogens (tertiary/aromatic N) is 1. The van der Waals surface area contributed by atoms with Gasteiger partial charge in [0.15, 0.2) is 5.78 Å². The van der Waals surface area contributed by atoms with Crippen molar-refractivity contribution in [1.29, 1.82) is 0 Å². The number of hydrogen-bond acceptors (Lipinski definition) is 6. The fourth-order valence-corrected chi connectivity index (χ4v) is 3.44. The predicted molar refractivity (Wildman–Crippen MR) is 97.4 cm³/mol. The molecule has 0 fully saturated rings. The first kappa shape index (κ1) is 17.0. The molecule has 0 aliphatic carbocycles. The van der Waals surface area contributed by atoms with Crippen LogP contribution in [0.5, 0.6) is 5.75 Å². The summed E-state index contributed by atoms with van der Waals surface area (Å²) in [5.41, 5.74) is 2.19. The zero-order chi connectivity index (χ0) is 18.1. The van der Waals surface area contributed by atoms with Crippen molar-refractivity contribution in [2.45, 2.75) is 20.8 Å². The van der Waals surface area contributed by atoms with E-state index in [-0.39, 0.29) is 10.5 Å². The number of aromatic nitrogens is 1. The molecule has 25 heavy (non-hydrogen) atoms. The predicted octanol–water partition coefficient (Wildman–Crippen LogP) is 3.76. The van der Waals surface area contributed by atoms with E-state index in [1.165, 1.54) is 19.9 Å². The van der Waals surface area contributed by atoms with Gasteiger partial charge >= 0.3 is 5.97 Å². The maximum absolute atomic E-state index is 12.4. The Bertz CT molecular complexity index is 1070. The zero-order valence-corrected chi connectivity index (χ0v) is 14.8. The molecule has 0 bridgehead atoms. The highest BCUT2D eigenvalue weighted by Gasteiger charge is 2.17. The minimum atomic E-state index is -0.459. The van der Waals surface area contributed by atoms with Gasteiger partial charge in [-0.25, -0.2) is 4.98 Å². The summed E-state index contributed by atoms with van der Waals surface area (Å²) >= 11 is 0.993. The third-order valence-electron chi connectivity index (χ3n) is 3.71. The van der Waals surface area contributed by atoms with E-state index in [0.29, 0.717) is 38.4 Å². The molecule has 3 aromatic rings. The molecule has 1 heterocycles. The van der Waals surface area contributed by atoms with E-state index in [9.17, 15) is 14.4 Å². The second kappa shape index (κ2) is 6.57. The molecule has 126 valence electrons. The molecular formula is C19H15NO4S. The van der Waals surface area contributed by atoms with Crippen LogP contribution in [-0.4, -0.2) is 16.7 Å². The van der Waals surface area contributed by atoms with E-state index >= 15 is 0 Å². The second-order valence-corrected chi connectivity index (χ2v) is 6.60. The van der Waals surface area contributed by atoms with Crippen molar-refractivity contribution in [3.63, 3.8) is 0 Å². The van der Waals surface area contributed by atoms with Crippen LogP contribution in [-0.2, 0) is 4.79 Å². The Morgan fingerprint density at radius 1 is 1.12 bits per heavy atom. The molecule has 0 radical (unpaired) electrons. The maximum Gasteiger partial charge on any atom is 0.308 e. The van der Waals surface area contributed by atoms with Crippen LogP contribution >= 0.6 is 11.3 Å². The molecule has 0 saturated carbocycles. The van der Waals surface area contributed by atoms with Crippen molar-refractivity contribution >= 4 is 34.0 Å². The summed E-state index contributed by atoms with van der Waals surface area (Å²) in [4.78, 5) is 40.2. The van der Waals surface area contributed by atoms with Crippen molar-refractivity contribution in [1.82, 2.24) is 4.98 Å². The van der Waals surface area contributed by atoms with Crippen molar-refractivity contribution in [2.75, 3.05) is 0 Å². The van der Waals surface area contributed by atoms with Gasteiger partial charge in [0.1, 0.15) is 10.8 Å². The Morgan fingerprint density at radius 3 is 2.52 bits per heavy atom. The molecule has 0 atom stereocenters. The number of carbonyl (C=O) groups is 2. The first-order valence-electron chi connectivity index (χ1n) is 7.61. The normalized spacial score (nSPS) is 10.7. The lowest BCUT2D eigenvalue weighted by Crippen LogP contribution is -2.06. The van der Waals surface area contributed by atoms with Gasteiger partial charge in [0.25, 0.3) is 0 Å². The van der Waals surface area contributed by atoms with Gasteiger partial charge in [0.05, 0.1) is 10.9 Å². The zero-order valence-electron chi connectivity index (χ0n) is 14.0. The monoisotopic (exact) mass is 353 g/mol. The minimum absolute atomic E-state index is 0.114. The highest BCUT2D eigenvalue weighted by Crippen LogP contribution is 2.32. The number of carbonyl (C=O) groups excluding carboxylic acids is 2. The SMILES string of the molecule is CC(=O)Oc1cc(C(C)=O)c(-c2nc3ccccc3c(=O)s2)cc1C. The van der Waals surface area contributed by atoms with Gasteiger partial charge in [-0.1, -0.05) is 23.5 Å². The quantitative estimate of drug-likeness (QED) is 0.407. The fourth-order valence-electron chi connectivity index (χ4n) is 2.56. The number of para-hydroxylation sites is 1. The Morgan fingerprint density at radius 2 is 1.84 bits per heavy atom. The van der Waals surface area contributed by atoms with Gasteiger partial charge < -0.3 is 4.74 Å². The number of ketones is 1. The Labute approximate surface area is 147 Å². The summed E-state index contributed by atoms with van der Waals surface area (Å²) in [6, 6.07) is 10.3. The maximum atomic E-state index is 12.4. The van der Waals surface area contributed by atoms with E-state index < -0.39 is 5.97 Å². The van der Waals surface area contributed by atoms with Crippen LogP contribution in [0.15, 0.2) is 41.2 Å². The summed E-state index contributed by atoms with van der Waals surface area (Å²) in [6.07, 6.45) is 0. The fraction of sp³-hybridized carbons (Fsp3) is 0.158. The van der Waals surface area contributed by atoms with E-state index in [0.717, 1.165) is 11.3 Å². The highest BCUT2D eigenvalue weighted by molar-refractivity contribution is 7.13. The van der Waals surface area contributed by atoms with Crippen LogP contribution in [0, 0.1) is 6.92 Å². The number of fused-ring (bicyclic) bond motifs is 1. The van der Waals surface area contributed by atoms with Gasteiger partial charge in [-0.05, 0) is 43.7 Å². The van der Waals surface area contributed by atoms with Gasteiger partial charge in [-0.3, -0.25) is 14.4 Å². The van der Waals surface area contributed by atoms with Crippen molar-refractivity contribution in [2.24, 2.45) is 0 Å². The average molecular weight is 353 g/mol. The van der Waals surface area contributed by atoms with Crippen LogP contribution in [0.4, 0.5) is 0 Å². The number of esters is 1. The molecule has 1 aromatic heterocycles. The Kier molecular flexibility index (Phi) is 4.46. The number of rotatable bonds is 3. The number of Topliss-reactive ketones (excluding diaryl/α,β-unsaturated/α-hetero) is 1. The lowest BCUT2D eigenvalue weighted by Gasteiger charge is -2.12. The van der Waals surface area contributed by atoms with Crippen LogP contribution in [0.25, 0.3) is 21.5 Å². The van der Waals surface area contributed by atoms with E-state index in [1.54, 1.807) is 31.2 Å². The summed E-state index contributed by atoms with van der Waals surface area (Å²) < 4.78 is 5.04. The van der Waals surface area contributed by atoms with Crippen molar-refractivity contribution in [3.05, 3.63) is 57.1 Å². The third kappa shape index (κ3) is 3.34. The van der Waals surface area contributed by atoms with Gasteiger partial charge in [0.2, 0.25) is 4.74 Å². The number of aryl methyl sites for hydroxylation is 1. The first-order chi connectivity index (χ1) is 11.9. The molecule has 0 unspecified atom stereocenters. The molecule has 2 aromatic carbocycles. The number of hydrogen-bond donors (Lipinski definition) is 0. The third-order valence-corrected chi connectivity index (χ3v) is 4.62. The van der Waals surface area contributed by atoms with Crippen molar-refractivity contribution in [3.8, 4) is 16.3 Å². The molecule has 5 nitrogen and oxygen atoms in total. The first-order valence-corrected chi connectivity index (χ1v) is 8.42. The lowest BCUT2D eigenvalue weighted by atomic mass is 10.0. The van der Waals surface area contributed by atoms with Gasteiger partial charge in [0, 0.05) is 18.1 Å². The molecule has 0 saturated heterocycles. The van der Waals surface area contributed by atoms with Crippen LogP contribution in [0.2, 0.25) is 0 Å². The lowest BCUT2D eigenvalue weighted by molar-refractivity contribution is -0.131. The molecule has 0 spiro atoms. The number of ether oxygens (including phenoxy) is 1. The largest absolute Gasteiger partial charge is 0.426 e. The topological polar surface area (TPSA) is 73.3 Å². The van der Waals surface area contributed by atoms with Gasteiger partial charge in [-0.15, -0.1) is 0 Å². The molecule has 0 amide bonds. The second-order valence-electron chi connectivity index (χ2n) is 5.64. The molecule has 3 rings (SSSR count). The molecule has 0 N–H and O–H groups in total. The van der Waals surface area contributed by atoms with Crippen LogP contribution in [0.3, 0.4) is 0 Å². The van der Waals surface area contributed by atoms with Crippen LogP contribution < -0.4 is 9.48 Å². The van der Waals surface area contributed by atoms with Crippen LogP contribution in [0.1, 0.15) is 29.8 Å². The molecule has 0 aliphatic heterocycles. The van der Waals surface area contributed by atoms with E-state index in [4.69, 9.17) is 4.74 Å². The average Bonchev–Trinajstić information content (AvgIpc) is 2.55. The molecular weight excluding hydrogens is 338 g/mol. The molecule has 6 heteroatoms. The van der Waals surface area contributed by atoms with E-state index in [1.807, 2.05) is 6.07 Å². The minimum Gasteiger partial charge on any atom is -0.426 e.